The molecule has 0 bridgehead atoms. The summed E-state index contributed by atoms with van der Waals surface area (Å²) >= 11 is 0. The molecule has 3 nitrogen and oxygen atoms in total. The Balaban J connectivity index is 2.03. The van der Waals surface area contributed by atoms with Gasteiger partial charge in [0.2, 0.25) is 0 Å². The predicted molar refractivity (Wildman–Crippen MR) is 66.3 cm³/mol. The van der Waals surface area contributed by atoms with Crippen molar-refractivity contribution in [3.05, 3.63) is 29.3 Å². The molecule has 1 N–H and O–H groups in total. The molecular formula is C14H20O3. The summed E-state index contributed by atoms with van der Waals surface area (Å²) in [4.78, 5) is 0. The molecule has 2 atom stereocenters. The van der Waals surface area contributed by atoms with Crippen molar-refractivity contribution < 1.29 is 14.6 Å². The summed E-state index contributed by atoms with van der Waals surface area (Å²) < 4.78 is 11.3. The molecule has 1 aromatic carbocycles. The monoisotopic (exact) mass is 236 g/mol. The van der Waals surface area contributed by atoms with Crippen molar-refractivity contribution in [2.75, 3.05) is 13.2 Å². The Morgan fingerprint density at radius 3 is 3.00 bits per heavy atom. The fourth-order valence-corrected chi connectivity index (χ4v) is 2.08. The van der Waals surface area contributed by atoms with Crippen LogP contribution in [0.4, 0.5) is 0 Å². The lowest BCUT2D eigenvalue weighted by molar-refractivity contribution is 0.0664. The summed E-state index contributed by atoms with van der Waals surface area (Å²) in [7, 11) is 0. The molecule has 0 aliphatic carbocycles. The average molecular weight is 236 g/mol. The molecule has 0 aromatic heterocycles. The van der Waals surface area contributed by atoms with Gasteiger partial charge in [-0.3, -0.25) is 0 Å². The summed E-state index contributed by atoms with van der Waals surface area (Å²) in [5.74, 6) is 0.765. The third kappa shape index (κ3) is 3.20. The molecule has 1 aliphatic rings. The molecule has 1 aliphatic heterocycles. The minimum absolute atomic E-state index is 0.207. The van der Waals surface area contributed by atoms with E-state index in [1.807, 2.05) is 25.1 Å². The van der Waals surface area contributed by atoms with Gasteiger partial charge in [-0.15, -0.1) is 0 Å². The molecule has 1 heterocycles. The number of ether oxygens (including phenoxy) is 2. The van der Waals surface area contributed by atoms with Gasteiger partial charge in [-0.2, -0.15) is 0 Å². The fourth-order valence-electron chi connectivity index (χ4n) is 2.08. The van der Waals surface area contributed by atoms with Crippen molar-refractivity contribution >= 4 is 0 Å². The van der Waals surface area contributed by atoms with E-state index >= 15 is 0 Å². The van der Waals surface area contributed by atoms with Crippen LogP contribution in [0.25, 0.3) is 0 Å². The molecule has 0 spiro atoms. The Morgan fingerprint density at radius 1 is 1.53 bits per heavy atom. The topological polar surface area (TPSA) is 38.7 Å². The molecule has 94 valence electrons. The number of aliphatic hydroxyl groups excluding tert-OH is 1. The summed E-state index contributed by atoms with van der Waals surface area (Å²) in [5.41, 5.74) is 1.98. The molecule has 3 heteroatoms. The van der Waals surface area contributed by atoms with Crippen molar-refractivity contribution in [1.29, 1.82) is 0 Å². The lowest BCUT2D eigenvalue weighted by Gasteiger charge is -2.16. The van der Waals surface area contributed by atoms with Crippen molar-refractivity contribution in [2.24, 2.45) is 0 Å². The second kappa shape index (κ2) is 5.52. The number of aliphatic hydroxyl groups is 1. The lowest BCUT2D eigenvalue weighted by Crippen LogP contribution is -2.17. The number of hydrogen-bond acceptors (Lipinski definition) is 3. The first-order valence-electron chi connectivity index (χ1n) is 6.20. The molecule has 1 fully saturated rings. The zero-order valence-corrected chi connectivity index (χ0v) is 10.5. The summed E-state index contributed by atoms with van der Waals surface area (Å²) in [6.07, 6.45) is 1.88. The van der Waals surface area contributed by atoms with Gasteiger partial charge in [0.15, 0.2) is 0 Å². The number of aryl methyl sites for hydroxylation is 1. The third-order valence-electron chi connectivity index (χ3n) is 3.06. The summed E-state index contributed by atoms with van der Waals surface area (Å²) in [6, 6.07) is 5.89. The van der Waals surface area contributed by atoms with Gasteiger partial charge in [-0.1, -0.05) is 11.6 Å². The van der Waals surface area contributed by atoms with Crippen LogP contribution in [0.3, 0.4) is 0 Å². The van der Waals surface area contributed by atoms with E-state index in [1.165, 1.54) is 0 Å². The number of rotatable bonds is 4. The van der Waals surface area contributed by atoms with Gasteiger partial charge in [0.1, 0.15) is 12.4 Å². The Morgan fingerprint density at radius 2 is 2.35 bits per heavy atom. The minimum atomic E-state index is -0.505. The first-order valence-corrected chi connectivity index (χ1v) is 6.20. The second-order valence-electron chi connectivity index (χ2n) is 4.66. The van der Waals surface area contributed by atoms with E-state index in [0.29, 0.717) is 6.61 Å². The lowest BCUT2D eigenvalue weighted by atomic mass is 10.1. The van der Waals surface area contributed by atoms with E-state index in [-0.39, 0.29) is 6.10 Å². The van der Waals surface area contributed by atoms with Gasteiger partial charge in [0.25, 0.3) is 0 Å². The molecule has 1 unspecified atom stereocenters. The average Bonchev–Trinajstić information content (AvgIpc) is 2.80. The number of hydrogen-bond donors (Lipinski definition) is 1. The van der Waals surface area contributed by atoms with E-state index < -0.39 is 6.10 Å². The Kier molecular flexibility index (Phi) is 4.02. The highest BCUT2D eigenvalue weighted by Gasteiger charge is 2.17. The van der Waals surface area contributed by atoms with Gasteiger partial charge in [0, 0.05) is 12.2 Å². The van der Waals surface area contributed by atoms with E-state index in [2.05, 4.69) is 0 Å². The molecule has 2 rings (SSSR count). The molecular weight excluding hydrogens is 216 g/mol. The molecule has 17 heavy (non-hydrogen) atoms. The largest absolute Gasteiger partial charge is 0.490 e. The normalized spacial score (nSPS) is 21.5. The Labute approximate surface area is 102 Å². The molecule has 1 aromatic rings. The van der Waals surface area contributed by atoms with Crippen LogP contribution in [0, 0.1) is 6.92 Å². The molecule has 1 saturated heterocycles. The highest BCUT2D eigenvalue weighted by molar-refractivity contribution is 5.38. The van der Waals surface area contributed by atoms with Crippen molar-refractivity contribution in [3.63, 3.8) is 0 Å². The van der Waals surface area contributed by atoms with Crippen molar-refractivity contribution in [3.8, 4) is 5.75 Å². The first-order chi connectivity index (χ1) is 8.16. The van der Waals surface area contributed by atoms with Crippen LogP contribution >= 0.6 is 0 Å². The Hall–Kier alpha value is -1.06. The van der Waals surface area contributed by atoms with Crippen LogP contribution in [0.5, 0.6) is 5.75 Å². The Bertz CT molecular complexity index is 368. The molecule has 0 saturated carbocycles. The van der Waals surface area contributed by atoms with E-state index in [1.54, 1.807) is 6.92 Å². The molecule has 0 radical (unpaired) electrons. The first kappa shape index (κ1) is 12.4. The van der Waals surface area contributed by atoms with Crippen LogP contribution in [0.15, 0.2) is 18.2 Å². The standard InChI is InChI=1S/C14H20O3/c1-10-5-6-14(13(8-10)11(2)15)17-9-12-4-3-7-16-12/h5-6,8,11-12,15H,3-4,7,9H2,1-2H3/t11-,12?/m1/s1. The van der Waals surface area contributed by atoms with Crippen molar-refractivity contribution in [1.82, 2.24) is 0 Å². The van der Waals surface area contributed by atoms with Gasteiger partial charge in [-0.25, -0.2) is 0 Å². The van der Waals surface area contributed by atoms with Crippen molar-refractivity contribution in [2.45, 2.75) is 38.9 Å². The maximum Gasteiger partial charge on any atom is 0.125 e. The minimum Gasteiger partial charge on any atom is -0.490 e. The van der Waals surface area contributed by atoms with Crippen LogP contribution in [-0.4, -0.2) is 24.4 Å². The van der Waals surface area contributed by atoms with Crippen LogP contribution in [0.1, 0.15) is 37.0 Å². The zero-order chi connectivity index (χ0) is 12.3. The third-order valence-corrected chi connectivity index (χ3v) is 3.06. The van der Waals surface area contributed by atoms with Gasteiger partial charge in [-0.05, 0) is 38.8 Å². The van der Waals surface area contributed by atoms with Gasteiger partial charge < -0.3 is 14.6 Å². The quantitative estimate of drug-likeness (QED) is 0.873. The van der Waals surface area contributed by atoms with E-state index in [4.69, 9.17) is 9.47 Å². The summed E-state index contributed by atoms with van der Waals surface area (Å²) in [6.45, 7) is 5.18. The van der Waals surface area contributed by atoms with E-state index in [0.717, 1.165) is 36.3 Å². The zero-order valence-electron chi connectivity index (χ0n) is 10.5. The van der Waals surface area contributed by atoms with E-state index in [9.17, 15) is 5.11 Å². The smallest absolute Gasteiger partial charge is 0.125 e. The van der Waals surface area contributed by atoms with Crippen LogP contribution < -0.4 is 4.74 Å². The van der Waals surface area contributed by atoms with Gasteiger partial charge in [0.05, 0.1) is 12.2 Å². The summed E-state index contributed by atoms with van der Waals surface area (Å²) in [5, 5.41) is 9.71. The molecule has 0 amide bonds. The SMILES string of the molecule is Cc1ccc(OCC2CCCO2)c([C@@H](C)O)c1. The fraction of sp³-hybridized carbons (Fsp3) is 0.571. The second-order valence-corrected chi connectivity index (χ2v) is 4.66. The highest BCUT2D eigenvalue weighted by atomic mass is 16.5. The predicted octanol–water partition coefficient (Wildman–Crippen LogP) is 2.61. The van der Waals surface area contributed by atoms with Crippen LogP contribution in [-0.2, 0) is 4.74 Å². The maximum atomic E-state index is 9.71. The maximum absolute atomic E-state index is 9.71. The number of benzene rings is 1. The van der Waals surface area contributed by atoms with Gasteiger partial charge >= 0.3 is 0 Å². The highest BCUT2D eigenvalue weighted by Crippen LogP contribution is 2.27. The van der Waals surface area contributed by atoms with Crippen LogP contribution in [0.2, 0.25) is 0 Å².